The zero-order valence-electron chi connectivity index (χ0n) is 11.6. The zero-order chi connectivity index (χ0) is 13.4. The van der Waals surface area contributed by atoms with Crippen LogP contribution in [0.1, 0.15) is 30.4 Å². The normalized spacial score (nSPS) is 28.2. The van der Waals surface area contributed by atoms with E-state index >= 15 is 0 Å². The Morgan fingerprint density at radius 3 is 2.89 bits per heavy atom. The van der Waals surface area contributed by atoms with Crippen molar-refractivity contribution in [2.24, 2.45) is 0 Å². The van der Waals surface area contributed by atoms with Gasteiger partial charge in [-0.3, -0.25) is 0 Å². The molecule has 5 heteroatoms. The van der Waals surface area contributed by atoms with Gasteiger partial charge in [0.2, 0.25) is 0 Å². The Bertz CT molecular complexity index is 465. The summed E-state index contributed by atoms with van der Waals surface area (Å²) in [6.45, 7) is 4.64. The highest BCUT2D eigenvalue weighted by atomic mass is 16.3. The number of nitrogens with one attached hydrogen (secondary N) is 1. The lowest BCUT2D eigenvalue weighted by Crippen LogP contribution is -2.47. The van der Waals surface area contributed by atoms with Crippen molar-refractivity contribution in [2.45, 2.75) is 31.8 Å². The van der Waals surface area contributed by atoms with Gasteiger partial charge in [-0.2, -0.15) is 0 Å². The average molecular weight is 263 g/mol. The lowest BCUT2D eigenvalue weighted by Gasteiger charge is -2.30. The van der Waals surface area contributed by atoms with Crippen LogP contribution in [0.4, 0.5) is 4.79 Å². The molecule has 2 amide bonds. The maximum Gasteiger partial charge on any atom is 0.320 e. The highest BCUT2D eigenvalue weighted by molar-refractivity contribution is 5.77. The number of amides is 2. The molecule has 2 atom stereocenters. The van der Waals surface area contributed by atoms with E-state index in [1.54, 1.807) is 4.90 Å². The van der Waals surface area contributed by atoms with E-state index in [-0.39, 0.29) is 12.1 Å². The summed E-state index contributed by atoms with van der Waals surface area (Å²) in [5.74, 6) is 1.79. The number of likely N-dealkylation sites (N-methyl/N-ethyl adjacent to an activating group) is 1. The first-order valence-corrected chi connectivity index (χ1v) is 6.97. The van der Waals surface area contributed by atoms with Crippen molar-refractivity contribution in [1.82, 2.24) is 15.1 Å². The van der Waals surface area contributed by atoms with E-state index < -0.39 is 0 Å². The molecule has 104 valence electrons. The summed E-state index contributed by atoms with van der Waals surface area (Å²) in [6.07, 6.45) is 2.24. The smallest absolute Gasteiger partial charge is 0.320 e. The van der Waals surface area contributed by atoms with E-state index in [4.69, 9.17) is 4.42 Å². The van der Waals surface area contributed by atoms with Gasteiger partial charge >= 0.3 is 6.03 Å². The molecule has 3 heterocycles. The van der Waals surface area contributed by atoms with Crippen molar-refractivity contribution in [3.05, 3.63) is 23.7 Å². The third-order valence-corrected chi connectivity index (χ3v) is 4.19. The summed E-state index contributed by atoms with van der Waals surface area (Å²) in [5, 5.41) is 3.37. The zero-order valence-corrected chi connectivity index (χ0v) is 11.6. The van der Waals surface area contributed by atoms with Crippen LogP contribution in [0.5, 0.6) is 0 Å². The molecule has 1 aromatic heterocycles. The molecule has 0 aliphatic carbocycles. The number of aryl methyl sites for hydroxylation is 1. The van der Waals surface area contributed by atoms with E-state index in [1.165, 1.54) is 0 Å². The Labute approximate surface area is 113 Å². The van der Waals surface area contributed by atoms with Gasteiger partial charge in [0.15, 0.2) is 0 Å². The van der Waals surface area contributed by atoms with Crippen molar-refractivity contribution in [1.29, 1.82) is 0 Å². The maximum absolute atomic E-state index is 12.4. The molecule has 1 N–H and O–H groups in total. The van der Waals surface area contributed by atoms with Crippen LogP contribution in [0.2, 0.25) is 0 Å². The average Bonchev–Trinajstić information content (AvgIpc) is 2.97. The fourth-order valence-electron chi connectivity index (χ4n) is 3.04. The number of carbonyl (C=O) groups is 1. The van der Waals surface area contributed by atoms with Gasteiger partial charge in [0.1, 0.15) is 17.6 Å². The Balaban J connectivity index is 1.77. The topological polar surface area (TPSA) is 48.7 Å². The van der Waals surface area contributed by atoms with Crippen LogP contribution in [-0.4, -0.2) is 48.6 Å². The monoisotopic (exact) mass is 263 g/mol. The highest BCUT2D eigenvalue weighted by Crippen LogP contribution is 2.31. The minimum absolute atomic E-state index is 0.0446. The molecular weight excluding hydrogens is 242 g/mol. The molecule has 0 spiro atoms. The van der Waals surface area contributed by atoms with Crippen LogP contribution >= 0.6 is 0 Å². The van der Waals surface area contributed by atoms with Crippen molar-refractivity contribution < 1.29 is 9.21 Å². The van der Waals surface area contributed by atoms with Crippen molar-refractivity contribution in [3.63, 3.8) is 0 Å². The molecule has 5 nitrogen and oxygen atoms in total. The standard InChI is InChI=1S/C14H21N3O2/c1-10-5-6-13(19-10)12-9-17(14(18)16(12)2)11-4-3-7-15-8-11/h5-6,11-12,15H,3-4,7-9H2,1-2H3. The van der Waals surface area contributed by atoms with Gasteiger partial charge in [0.25, 0.3) is 0 Å². The van der Waals surface area contributed by atoms with Crippen LogP contribution in [0.15, 0.2) is 16.5 Å². The molecule has 0 bridgehead atoms. The van der Waals surface area contributed by atoms with Gasteiger partial charge in [-0.15, -0.1) is 0 Å². The first-order valence-electron chi connectivity index (χ1n) is 6.97. The molecule has 19 heavy (non-hydrogen) atoms. The number of rotatable bonds is 2. The molecule has 2 aliphatic heterocycles. The molecule has 3 rings (SSSR count). The highest BCUT2D eigenvalue weighted by Gasteiger charge is 2.40. The predicted molar refractivity (Wildman–Crippen MR) is 71.9 cm³/mol. The van der Waals surface area contributed by atoms with Crippen LogP contribution in [-0.2, 0) is 0 Å². The van der Waals surface area contributed by atoms with E-state index in [0.717, 1.165) is 44.0 Å². The van der Waals surface area contributed by atoms with Crippen LogP contribution in [0.25, 0.3) is 0 Å². The van der Waals surface area contributed by atoms with Crippen LogP contribution < -0.4 is 5.32 Å². The van der Waals surface area contributed by atoms with Gasteiger partial charge in [-0.1, -0.05) is 0 Å². The van der Waals surface area contributed by atoms with Gasteiger partial charge in [-0.25, -0.2) is 4.79 Å². The molecule has 2 fully saturated rings. The minimum Gasteiger partial charge on any atom is -0.464 e. The maximum atomic E-state index is 12.4. The third kappa shape index (κ3) is 2.23. The fraction of sp³-hybridized carbons (Fsp3) is 0.643. The van der Waals surface area contributed by atoms with Crippen LogP contribution in [0.3, 0.4) is 0 Å². The number of nitrogens with zero attached hydrogens (tertiary/aromatic N) is 2. The van der Waals surface area contributed by atoms with Crippen molar-refractivity contribution in [2.75, 3.05) is 26.7 Å². The Morgan fingerprint density at radius 2 is 2.26 bits per heavy atom. The Hall–Kier alpha value is -1.49. The summed E-state index contributed by atoms with van der Waals surface area (Å²) >= 11 is 0. The SMILES string of the molecule is Cc1ccc(C2CN(C3CCCNC3)C(=O)N2C)o1. The summed E-state index contributed by atoms with van der Waals surface area (Å²) in [4.78, 5) is 16.2. The minimum atomic E-state index is 0.0446. The molecule has 0 saturated carbocycles. The van der Waals surface area contributed by atoms with Crippen LogP contribution in [0, 0.1) is 6.92 Å². The summed E-state index contributed by atoms with van der Waals surface area (Å²) in [7, 11) is 1.86. The molecule has 2 aliphatic rings. The van der Waals surface area contributed by atoms with Gasteiger partial charge < -0.3 is 19.5 Å². The molecular formula is C14H21N3O2. The number of hydrogen-bond donors (Lipinski definition) is 1. The van der Waals surface area contributed by atoms with Gasteiger partial charge in [-0.05, 0) is 38.4 Å². The number of carbonyl (C=O) groups excluding carboxylic acids is 1. The number of urea groups is 1. The molecule has 2 saturated heterocycles. The van der Waals surface area contributed by atoms with Crippen molar-refractivity contribution in [3.8, 4) is 0 Å². The van der Waals surface area contributed by atoms with Gasteiger partial charge in [0, 0.05) is 19.6 Å². The first kappa shape index (κ1) is 12.5. The summed E-state index contributed by atoms with van der Waals surface area (Å²) < 4.78 is 5.69. The van der Waals surface area contributed by atoms with Gasteiger partial charge in [0.05, 0.1) is 6.54 Å². The number of furan rings is 1. The second-order valence-corrected chi connectivity index (χ2v) is 5.51. The lowest BCUT2D eigenvalue weighted by molar-refractivity contribution is 0.171. The third-order valence-electron chi connectivity index (χ3n) is 4.19. The molecule has 0 aromatic carbocycles. The number of hydrogen-bond acceptors (Lipinski definition) is 3. The van der Waals surface area contributed by atoms with Crippen molar-refractivity contribution >= 4 is 6.03 Å². The fourth-order valence-corrected chi connectivity index (χ4v) is 3.04. The quantitative estimate of drug-likeness (QED) is 0.884. The molecule has 1 aromatic rings. The molecule has 0 radical (unpaired) electrons. The first-order chi connectivity index (χ1) is 9.16. The predicted octanol–water partition coefficient (Wildman–Crippen LogP) is 1.75. The second kappa shape index (κ2) is 4.89. The number of piperidine rings is 1. The lowest BCUT2D eigenvalue weighted by atomic mass is 10.1. The summed E-state index contributed by atoms with van der Waals surface area (Å²) in [6, 6.07) is 4.42. The van der Waals surface area contributed by atoms with E-state index in [0.29, 0.717) is 6.04 Å². The summed E-state index contributed by atoms with van der Waals surface area (Å²) in [5.41, 5.74) is 0. The van der Waals surface area contributed by atoms with E-state index in [9.17, 15) is 4.79 Å². The Morgan fingerprint density at radius 1 is 1.42 bits per heavy atom. The largest absolute Gasteiger partial charge is 0.464 e. The molecule has 2 unspecified atom stereocenters. The van der Waals surface area contributed by atoms with E-state index in [1.807, 2.05) is 31.0 Å². The Kier molecular flexibility index (Phi) is 3.22. The van der Waals surface area contributed by atoms with E-state index in [2.05, 4.69) is 5.32 Å². The second-order valence-electron chi connectivity index (χ2n) is 5.51.